The predicted octanol–water partition coefficient (Wildman–Crippen LogP) is 2.70. The van der Waals surface area contributed by atoms with E-state index in [1.807, 2.05) is 0 Å². The fourth-order valence-electron chi connectivity index (χ4n) is 3.27. The third kappa shape index (κ3) is 5.41. The molecule has 3 heteroatoms. The fraction of sp³-hybridized carbons (Fsp3) is 1.00. The van der Waals surface area contributed by atoms with Crippen LogP contribution >= 0.6 is 0 Å². The first-order valence-electron chi connectivity index (χ1n) is 8.22. The molecule has 0 amide bonds. The first-order chi connectivity index (χ1) is 9.18. The van der Waals surface area contributed by atoms with Gasteiger partial charge in [0.1, 0.15) is 0 Å². The van der Waals surface area contributed by atoms with E-state index in [0.717, 1.165) is 25.8 Å². The third-order valence-electron chi connectivity index (χ3n) is 4.88. The second kappa shape index (κ2) is 7.61. The van der Waals surface area contributed by atoms with Crippen LogP contribution in [0.4, 0.5) is 0 Å². The van der Waals surface area contributed by atoms with Crippen LogP contribution in [0.3, 0.4) is 0 Å². The SMILES string of the molecule is CC(CC1CCCCCN1)NCC1(C)CCOCC1. The summed E-state index contributed by atoms with van der Waals surface area (Å²) >= 11 is 0. The summed E-state index contributed by atoms with van der Waals surface area (Å²) in [6, 6.07) is 1.35. The van der Waals surface area contributed by atoms with Crippen molar-refractivity contribution in [2.24, 2.45) is 5.41 Å². The number of nitrogens with one attached hydrogen (secondary N) is 2. The minimum absolute atomic E-state index is 0.448. The minimum Gasteiger partial charge on any atom is -0.381 e. The number of hydrogen-bond acceptors (Lipinski definition) is 3. The van der Waals surface area contributed by atoms with E-state index in [0.29, 0.717) is 11.5 Å². The second-order valence-electron chi connectivity index (χ2n) is 6.94. The Morgan fingerprint density at radius 3 is 2.84 bits per heavy atom. The molecule has 2 aliphatic heterocycles. The lowest BCUT2D eigenvalue weighted by Gasteiger charge is -2.35. The van der Waals surface area contributed by atoms with Gasteiger partial charge in [-0.3, -0.25) is 0 Å². The highest BCUT2D eigenvalue weighted by molar-refractivity contribution is 4.82. The summed E-state index contributed by atoms with van der Waals surface area (Å²) in [5.74, 6) is 0. The van der Waals surface area contributed by atoms with Crippen molar-refractivity contribution in [2.75, 3.05) is 26.3 Å². The molecule has 2 fully saturated rings. The van der Waals surface area contributed by atoms with Crippen LogP contribution in [0.1, 0.15) is 58.8 Å². The lowest BCUT2D eigenvalue weighted by atomic mass is 9.82. The average molecular weight is 268 g/mol. The smallest absolute Gasteiger partial charge is 0.0471 e. The van der Waals surface area contributed by atoms with Crippen LogP contribution < -0.4 is 10.6 Å². The number of ether oxygens (including phenoxy) is 1. The summed E-state index contributed by atoms with van der Waals surface area (Å²) in [6.07, 6.45) is 9.20. The number of hydrogen-bond donors (Lipinski definition) is 2. The molecule has 0 aromatic heterocycles. The minimum atomic E-state index is 0.448. The molecule has 2 N–H and O–H groups in total. The summed E-state index contributed by atoms with van der Waals surface area (Å²) < 4.78 is 5.47. The van der Waals surface area contributed by atoms with E-state index < -0.39 is 0 Å². The maximum atomic E-state index is 5.47. The second-order valence-corrected chi connectivity index (χ2v) is 6.94. The highest BCUT2D eigenvalue weighted by Crippen LogP contribution is 2.28. The molecule has 0 aromatic carbocycles. The monoisotopic (exact) mass is 268 g/mol. The molecule has 2 atom stereocenters. The Hall–Kier alpha value is -0.120. The molecule has 0 saturated carbocycles. The van der Waals surface area contributed by atoms with Crippen molar-refractivity contribution in [1.29, 1.82) is 0 Å². The van der Waals surface area contributed by atoms with Gasteiger partial charge in [-0.25, -0.2) is 0 Å². The average Bonchev–Trinajstić information content (AvgIpc) is 2.66. The largest absolute Gasteiger partial charge is 0.381 e. The molecule has 2 rings (SSSR count). The Kier molecular flexibility index (Phi) is 6.11. The predicted molar refractivity (Wildman–Crippen MR) is 80.5 cm³/mol. The maximum Gasteiger partial charge on any atom is 0.0471 e. The zero-order chi connectivity index (χ0) is 13.6. The molecule has 3 nitrogen and oxygen atoms in total. The van der Waals surface area contributed by atoms with Crippen LogP contribution in [0.15, 0.2) is 0 Å². The molecule has 112 valence electrons. The molecule has 0 aliphatic carbocycles. The van der Waals surface area contributed by atoms with E-state index in [4.69, 9.17) is 4.74 Å². The third-order valence-corrected chi connectivity index (χ3v) is 4.88. The van der Waals surface area contributed by atoms with E-state index in [1.54, 1.807) is 0 Å². The molecule has 2 heterocycles. The Morgan fingerprint density at radius 1 is 1.26 bits per heavy atom. The van der Waals surface area contributed by atoms with Gasteiger partial charge in [0.25, 0.3) is 0 Å². The van der Waals surface area contributed by atoms with Crippen LogP contribution in [0.25, 0.3) is 0 Å². The number of rotatable bonds is 5. The Bertz CT molecular complexity index is 243. The van der Waals surface area contributed by atoms with Gasteiger partial charge in [-0.15, -0.1) is 0 Å². The summed E-state index contributed by atoms with van der Waals surface area (Å²) in [6.45, 7) is 8.98. The van der Waals surface area contributed by atoms with E-state index in [1.165, 1.54) is 51.5 Å². The molecule has 0 aromatic rings. The molecule has 2 aliphatic rings. The summed E-state index contributed by atoms with van der Waals surface area (Å²) in [5, 5.41) is 7.46. The fourth-order valence-corrected chi connectivity index (χ4v) is 3.27. The van der Waals surface area contributed by atoms with Crippen LogP contribution in [-0.4, -0.2) is 38.4 Å². The molecule has 0 radical (unpaired) electrons. The molecule has 2 unspecified atom stereocenters. The Morgan fingerprint density at radius 2 is 2.05 bits per heavy atom. The van der Waals surface area contributed by atoms with E-state index in [2.05, 4.69) is 24.5 Å². The molecule has 0 bridgehead atoms. The van der Waals surface area contributed by atoms with Crippen molar-refractivity contribution in [3.8, 4) is 0 Å². The standard InChI is InChI=1S/C16H32N2O/c1-14(12-15-6-4-3-5-9-17-15)18-13-16(2)7-10-19-11-8-16/h14-15,17-18H,3-13H2,1-2H3. The van der Waals surface area contributed by atoms with Crippen LogP contribution in [0.5, 0.6) is 0 Å². The lowest BCUT2D eigenvalue weighted by molar-refractivity contribution is 0.0228. The molecular weight excluding hydrogens is 236 g/mol. The molecule has 2 saturated heterocycles. The Labute approximate surface area is 118 Å². The van der Waals surface area contributed by atoms with Gasteiger partial charge < -0.3 is 15.4 Å². The van der Waals surface area contributed by atoms with Gasteiger partial charge >= 0.3 is 0 Å². The molecule has 19 heavy (non-hydrogen) atoms. The zero-order valence-electron chi connectivity index (χ0n) is 12.8. The van der Waals surface area contributed by atoms with Crippen molar-refractivity contribution >= 4 is 0 Å². The summed E-state index contributed by atoms with van der Waals surface area (Å²) in [5.41, 5.74) is 0.448. The first kappa shape index (κ1) is 15.3. The van der Waals surface area contributed by atoms with Crippen molar-refractivity contribution < 1.29 is 4.74 Å². The van der Waals surface area contributed by atoms with Gasteiger partial charge in [-0.05, 0) is 51.0 Å². The van der Waals surface area contributed by atoms with Gasteiger partial charge in [0.2, 0.25) is 0 Å². The van der Waals surface area contributed by atoms with Crippen LogP contribution in [-0.2, 0) is 4.74 Å². The van der Waals surface area contributed by atoms with Crippen molar-refractivity contribution in [3.63, 3.8) is 0 Å². The van der Waals surface area contributed by atoms with Crippen molar-refractivity contribution in [2.45, 2.75) is 70.9 Å². The normalized spacial score (nSPS) is 29.7. The topological polar surface area (TPSA) is 33.3 Å². The maximum absolute atomic E-state index is 5.47. The van der Waals surface area contributed by atoms with E-state index >= 15 is 0 Å². The highest BCUT2D eigenvalue weighted by Gasteiger charge is 2.27. The molecule has 0 spiro atoms. The zero-order valence-corrected chi connectivity index (χ0v) is 12.8. The quantitative estimate of drug-likeness (QED) is 0.804. The first-order valence-corrected chi connectivity index (χ1v) is 8.22. The van der Waals surface area contributed by atoms with Crippen LogP contribution in [0.2, 0.25) is 0 Å². The van der Waals surface area contributed by atoms with Gasteiger partial charge in [0.05, 0.1) is 0 Å². The van der Waals surface area contributed by atoms with Crippen LogP contribution in [0, 0.1) is 5.41 Å². The van der Waals surface area contributed by atoms with Crippen molar-refractivity contribution in [1.82, 2.24) is 10.6 Å². The van der Waals surface area contributed by atoms with Gasteiger partial charge in [0.15, 0.2) is 0 Å². The van der Waals surface area contributed by atoms with Gasteiger partial charge in [-0.1, -0.05) is 19.8 Å². The van der Waals surface area contributed by atoms with Gasteiger partial charge in [-0.2, -0.15) is 0 Å². The van der Waals surface area contributed by atoms with E-state index in [-0.39, 0.29) is 0 Å². The Balaban J connectivity index is 1.66. The molecular formula is C16H32N2O. The summed E-state index contributed by atoms with van der Waals surface area (Å²) in [4.78, 5) is 0. The van der Waals surface area contributed by atoms with Crippen molar-refractivity contribution in [3.05, 3.63) is 0 Å². The summed E-state index contributed by atoms with van der Waals surface area (Å²) in [7, 11) is 0. The lowest BCUT2D eigenvalue weighted by Crippen LogP contribution is -2.43. The van der Waals surface area contributed by atoms with Gasteiger partial charge in [0, 0.05) is 31.8 Å². The highest BCUT2D eigenvalue weighted by atomic mass is 16.5. The van der Waals surface area contributed by atoms with E-state index in [9.17, 15) is 0 Å².